The molecule has 106 valence electrons. The number of carbonyl (C=O) groups excluding carboxylic acids is 1. The standard InChI is InChI=1S/C16H19NO2S/c1-3-4-6-11-15(14(12-17)16(18)19-2)20-13-9-7-5-8-10-13/h5,7-10H,3-4,6,11H2,1-2H3/b15-14-. The lowest BCUT2D eigenvalue weighted by Gasteiger charge is -2.09. The molecule has 0 aliphatic rings. The van der Waals surface area contributed by atoms with Gasteiger partial charge in [-0.05, 0) is 25.0 Å². The summed E-state index contributed by atoms with van der Waals surface area (Å²) in [6.45, 7) is 2.12. The molecule has 0 amide bonds. The number of hydrogen-bond acceptors (Lipinski definition) is 4. The number of benzene rings is 1. The van der Waals surface area contributed by atoms with Crippen LogP contribution in [0, 0.1) is 11.3 Å². The van der Waals surface area contributed by atoms with Gasteiger partial charge in [0, 0.05) is 9.80 Å². The Morgan fingerprint density at radius 1 is 1.30 bits per heavy atom. The second-order valence-corrected chi connectivity index (χ2v) is 5.44. The first-order valence-corrected chi connectivity index (χ1v) is 7.49. The number of rotatable bonds is 7. The molecule has 0 spiro atoms. The third-order valence-electron chi connectivity index (χ3n) is 2.77. The van der Waals surface area contributed by atoms with E-state index in [1.807, 2.05) is 36.4 Å². The van der Waals surface area contributed by atoms with Crippen molar-refractivity contribution < 1.29 is 9.53 Å². The minimum Gasteiger partial charge on any atom is -0.465 e. The summed E-state index contributed by atoms with van der Waals surface area (Å²) in [6.07, 6.45) is 3.88. The summed E-state index contributed by atoms with van der Waals surface area (Å²) < 4.78 is 4.70. The van der Waals surface area contributed by atoms with E-state index >= 15 is 0 Å². The van der Waals surface area contributed by atoms with Crippen LogP contribution in [-0.4, -0.2) is 13.1 Å². The predicted molar refractivity (Wildman–Crippen MR) is 81.1 cm³/mol. The molecule has 20 heavy (non-hydrogen) atoms. The Morgan fingerprint density at radius 3 is 2.55 bits per heavy atom. The van der Waals surface area contributed by atoms with Crippen molar-refractivity contribution in [3.63, 3.8) is 0 Å². The molecule has 0 saturated heterocycles. The summed E-state index contributed by atoms with van der Waals surface area (Å²) in [5, 5.41) is 9.21. The Kier molecular flexibility index (Phi) is 7.52. The maximum atomic E-state index is 11.7. The van der Waals surface area contributed by atoms with Crippen LogP contribution >= 0.6 is 11.8 Å². The Hall–Kier alpha value is -1.73. The number of esters is 1. The van der Waals surface area contributed by atoms with Crippen LogP contribution in [0.1, 0.15) is 32.6 Å². The fourth-order valence-corrected chi connectivity index (χ4v) is 2.77. The van der Waals surface area contributed by atoms with E-state index in [1.54, 1.807) is 0 Å². The molecular formula is C16H19NO2S. The quantitative estimate of drug-likeness (QED) is 0.247. The van der Waals surface area contributed by atoms with Crippen LogP contribution in [0.3, 0.4) is 0 Å². The van der Waals surface area contributed by atoms with Gasteiger partial charge in [-0.15, -0.1) is 0 Å². The third-order valence-corrected chi connectivity index (χ3v) is 3.93. The lowest BCUT2D eigenvalue weighted by atomic mass is 10.1. The van der Waals surface area contributed by atoms with Gasteiger partial charge in [0.25, 0.3) is 0 Å². The predicted octanol–water partition coefficient (Wildman–Crippen LogP) is 4.31. The Labute approximate surface area is 124 Å². The van der Waals surface area contributed by atoms with E-state index in [0.717, 1.165) is 35.5 Å². The lowest BCUT2D eigenvalue weighted by molar-refractivity contribution is -0.135. The zero-order valence-corrected chi connectivity index (χ0v) is 12.7. The molecule has 0 aromatic heterocycles. The Bertz CT molecular complexity index is 503. The fourth-order valence-electron chi connectivity index (χ4n) is 1.72. The highest BCUT2D eigenvalue weighted by molar-refractivity contribution is 8.03. The fraction of sp³-hybridized carbons (Fsp3) is 0.375. The van der Waals surface area contributed by atoms with Gasteiger partial charge in [-0.3, -0.25) is 0 Å². The molecule has 4 heteroatoms. The summed E-state index contributed by atoms with van der Waals surface area (Å²) in [5.41, 5.74) is 0.123. The second kappa shape index (κ2) is 9.22. The molecule has 0 bridgehead atoms. The van der Waals surface area contributed by atoms with E-state index in [-0.39, 0.29) is 5.57 Å². The summed E-state index contributed by atoms with van der Waals surface area (Å²) >= 11 is 1.47. The maximum Gasteiger partial charge on any atom is 0.349 e. The molecule has 0 N–H and O–H groups in total. The maximum absolute atomic E-state index is 11.7. The molecule has 0 heterocycles. The van der Waals surface area contributed by atoms with Gasteiger partial charge in [0.2, 0.25) is 0 Å². The number of ether oxygens (including phenoxy) is 1. The van der Waals surface area contributed by atoms with Crippen LogP contribution in [0.4, 0.5) is 0 Å². The van der Waals surface area contributed by atoms with Gasteiger partial charge in [-0.1, -0.05) is 49.7 Å². The van der Waals surface area contributed by atoms with Crippen molar-refractivity contribution in [3.05, 3.63) is 40.8 Å². The molecule has 3 nitrogen and oxygen atoms in total. The van der Waals surface area contributed by atoms with Crippen molar-refractivity contribution in [2.75, 3.05) is 7.11 Å². The van der Waals surface area contributed by atoms with Gasteiger partial charge in [-0.25, -0.2) is 4.79 Å². The van der Waals surface area contributed by atoms with Crippen LogP contribution in [0.5, 0.6) is 0 Å². The average Bonchev–Trinajstić information content (AvgIpc) is 2.48. The largest absolute Gasteiger partial charge is 0.465 e. The van der Waals surface area contributed by atoms with Gasteiger partial charge in [0.05, 0.1) is 7.11 Å². The molecule has 0 atom stereocenters. The first kappa shape index (κ1) is 16.3. The lowest BCUT2D eigenvalue weighted by Crippen LogP contribution is -2.05. The van der Waals surface area contributed by atoms with Crippen molar-refractivity contribution in [3.8, 4) is 6.07 Å². The highest BCUT2D eigenvalue weighted by Crippen LogP contribution is 2.32. The molecule has 0 unspecified atom stereocenters. The SMILES string of the molecule is CCCCC/C(Sc1ccccc1)=C(\C#N)C(=O)OC. The third kappa shape index (κ3) is 5.10. The summed E-state index contributed by atoms with van der Waals surface area (Å²) in [5.74, 6) is -0.553. The molecule has 1 aromatic carbocycles. The number of nitriles is 1. The van der Waals surface area contributed by atoms with Crippen molar-refractivity contribution in [1.29, 1.82) is 5.26 Å². The van der Waals surface area contributed by atoms with Gasteiger partial charge >= 0.3 is 5.97 Å². The number of hydrogen-bond donors (Lipinski definition) is 0. The van der Waals surface area contributed by atoms with Gasteiger partial charge in [0.1, 0.15) is 11.6 Å². The second-order valence-electron chi connectivity index (χ2n) is 4.27. The summed E-state index contributed by atoms with van der Waals surface area (Å²) in [7, 11) is 1.30. The zero-order valence-electron chi connectivity index (χ0n) is 11.9. The molecule has 1 aromatic rings. The zero-order chi connectivity index (χ0) is 14.8. The molecule has 0 aliphatic carbocycles. The average molecular weight is 289 g/mol. The van der Waals surface area contributed by atoms with E-state index in [9.17, 15) is 10.1 Å². The minimum atomic E-state index is -0.553. The van der Waals surface area contributed by atoms with Crippen LogP contribution in [0.25, 0.3) is 0 Å². The topological polar surface area (TPSA) is 50.1 Å². The van der Waals surface area contributed by atoms with E-state index in [0.29, 0.717) is 0 Å². The Morgan fingerprint density at radius 2 is 2.00 bits per heavy atom. The number of thioether (sulfide) groups is 1. The molecule has 1 rings (SSSR count). The highest BCUT2D eigenvalue weighted by Gasteiger charge is 2.16. The van der Waals surface area contributed by atoms with Crippen LogP contribution in [0.15, 0.2) is 45.7 Å². The van der Waals surface area contributed by atoms with Crippen LogP contribution in [0.2, 0.25) is 0 Å². The highest BCUT2D eigenvalue weighted by atomic mass is 32.2. The van der Waals surface area contributed by atoms with Gasteiger partial charge in [0.15, 0.2) is 0 Å². The van der Waals surface area contributed by atoms with E-state index < -0.39 is 5.97 Å². The number of methoxy groups -OCH3 is 1. The molecule has 0 radical (unpaired) electrons. The smallest absolute Gasteiger partial charge is 0.349 e. The minimum absolute atomic E-state index is 0.123. The number of unbranched alkanes of at least 4 members (excludes halogenated alkanes) is 2. The monoisotopic (exact) mass is 289 g/mol. The Balaban J connectivity index is 2.97. The molecule has 0 fully saturated rings. The van der Waals surface area contributed by atoms with Gasteiger partial charge < -0.3 is 4.74 Å². The van der Waals surface area contributed by atoms with Gasteiger partial charge in [-0.2, -0.15) is 5.26 Å². The van der Waals surface area contributed by atoms with E-state index in [1.165, 1.54) is 18.9 Å². The van der Waals surface area contributed by atoms with Crippen LogP contribution in [-0.2, 0) is 9.53 Å². The van der Waals surface area contributed by atoms with Crippen molar-refractivity contribution in [2.24, 2.45) is 0 Å². The molecule has 0 saturated carbocycles. The van der Waals surface area contributed by atoms with Crippen molar-refractivity contribution in [2.45, 2.75) is 37.5 Å². The molecule has 0 aliphatic heterocycles. The first-order valence-electron chi connectivity index (χ1n) is 6.67. The van der Waals surface area contributed by atoms with Crippen LogP contribution < -0.4 is 0 Å². The summed E-state index contributed by atoms with van der Waals surface area (Å²) in [4.78, 5) is 13.5. The van der Waals surface area contributed by atoms with E-state index in [2.05, 4.69) is 6.92 Å². The van der Waals surface area contributed by atoms with Crippen molar-refractivity contribution >= 4 is 17.7 Å². The number of carbonyl (C=O) groups is 1. The number of allylic oxidation sites excluding steroid dienone is 1. The normalized spacial score (nSPS) is 11.4. The van der Waals surface area contributed by atoms with Crippen molar-refractivity contribution in [1.82, 2.24) is 0 Å². The molecular weight excluding hydrogens is 270 g/mol. The first-order chi connectivity index (χ1) is 9.72. The van der Waals surface area contributed by atoms with E-state index in [4.69, 9.17) is 4.74 Å². The number of nitrogens with zero attached hydrogens (tertiary/aromatic N) is 1. The summed E-state index contributed by atoms with van der Waals surface area (Å²) in [6, 6.07) is 11.7.